The Kier molecular flexibility index (Phi) is 5.74. The topological polar surface area (TPSA) is 12.0 Å². The first-order valence-electron chi connectivity index (χ1n) is 7.08. The van der Waals surface area contributed by atoms with Crippen LogP contribution in [0.5, 0.6) is 0 Å². The van der Waals surface area contributed by atoms with E-state index in [1.807, 2.05) is 11.8 Å². The first kappa shape index (κ1) is 14.4. The highest BCUT2D eigenvalue weighted by atomic mass is 32.2. The van der Waals surface area contributed by atoms with Crippen molar-refractivity contribution in [3.8, 4) is 0 Å². The fourth-order valence-corrected chi connectivity index (χ4v) is 2.96. The zero-order chi connectivity index (χ0) is 13.5. The van der Waals surface area contributed by atoms with Crippen molar-refractivity contribution in [2.75, 3.05) is 11.5 Å². The van der Waals surface area contributed by atoms with Gasteiger partial charge >= 0.3 is 0 Å². The molecule has 1 nitrogen and oxygen atoms in total. The van der Waals surface area contributed by atoms with Crippen LogP contribution >= 0.6 is 11.8 Å². The van der Waals surface area contributed by atoms with E-state index in [2.05, 4.69) is 61.6 Å². The van der Waals surface area contributed by atoms with Gasteiger partial charge in [-0.2, -0.15) is 11.8 Å². The molecule has 0 aliphatic heterocycles. The molecule has 0 amide bonds. The molecule has 0 heterocycles. The molecule has 1 atom stereocenters. The second-order valence-electron chi connectivity index (χ2n) is 4.95. The Morgan fingerprint density at radius 1 is 1.11 bits per heavy atom. The average Bonchev–Trinajstić information content (AvgIpc) is 2.45. The van der Waals surface area contributed by atoms with Crippen LogP contribution in [0.15, 0.2) is 42.5 Å². The van der Waals surface area contributed by atoms with Gasteiger partial charge in [-0.05, 0) is 47.3 Å². The van der Waals surface area contributed by atoms with Crippen LogP contribution in [-0.2, 0) is 6.54 Å². The maximum Gasteiger partial charge on any atom is 0.0208 e. The average molecular weight is 273 g/mol. The van der Waals surface area contributed by atoms with E-state index in [9.17, 15) is 0 Å². The Balaban J connectivity index is 1.87. The molecule has 2 aromatic rings. The molecule has 0 aliphatic carbocycles. The first-order valence-corrected chi connectivity index (χ1v) is 8.24. The van der Waals surface area contributed by atoms with Gasteiger partial charge in [0.15, 0.2) is 0 Å². The highest BCUT2D eigenvalue weighted by Crippen LogP contribution is 2.15. The molecule has 1 unspecified atom stereocenters. The Hall–Kier alpha value is -0.990. The minimum absolute atomic E-state index is 0.588. The quantitative estimate of drug-likeness (QED) is 0.747. The summed E-state index contributed by atoms with van der Waals surface area (Å²) < 4.78 is 0. The lowest BCUT2D eigenvalue weighted by molar-refractivity contribution is 0.537. The smallest absolute Gasteiger partial charge is 0.0208 e. The van der Waals surface area contributed by atoms with Crippen LogP contribution in [0.4, 0.5) is 0 Å². The number of hydrogen-bond donors (Lipinski definition) is 1. The monoisotopic (exact) mass is 273 g/mol. The van der Waals surface area contributed by atoms with Crippen molar-refractivity contribution in [2.24, 2.45) is 0 Å². The Bertz CT molecular complexity index is 509. The molecular weight excluding hydrogens is 250 g/mol. The number of benzene rings is 2. The third-order valence-electron chi connectivity index (χ3n) is 3.37. The van der Waals surface area contributed by atoms with E-state index >= 15 is 0 Å². The van der Waals surface area contributed by atoms with Gasteiger partial charge in [0.1, 0.15) is 0 Å². The van der Waals surface area contributed by atoms with Crippen molar-refractivity contribution in [1.29, 1.82) is 0 Å². The van der Waals surface area contributed by atoms with Crippen LogP contribution in [0.3, 0.4) is 0 Å². The van der Waals surface area contributed by atoms with Gasteiger partial charge in [-0.15, -0.1) is 0 Å². The minimum atomic E-state index is 0.588. The molecular formula is C17H23NS. The van der Waals surface area contributed by atoms with E-state index in [1.165, 1.54) is 34.3 Å². The molecule has 0 spiro atoms. The number of nitrogens with one attached hydrogen (secondary N) is 1. The van der Waals surface area contributed by atoms with E-state index in [4.69, 9.17) is 0 Å². The summed E-state index contributed by atoms with van der Waals surface area (Å²) >= 11 is 2.02. The van der Waals surface area contributed by atoms with Gasteiger partial charge in [-0.1, -0.05) is 43.3 Å². The Labute approximate surface area is 120 Å². The molecule has 1 N–H and O–H groups in total. The highest BCUT2D eigenvalue weighted by Gasteiger charge is 2.02. The number of thioether (sulfide) groups is 1. The molecule has 0 aliphatic rings. The third kappa shape index (κ3) is 4.55. The van der Waals surface area contributed by atoms with E-state index in [1.54, 1.807) is 0 Å². The molecule has 2 rings (SSSR count). The predicted octanol–water partition coefficient (Wildman–Crippen LogP) is 4.46. The van der Waals surface area contributed by atoms with Crippen LogP contribution in [-0.4, -0.2) is 17.5 Å². The fraction of sp³-hybridized carbons (Fsp3) is 0.412. The molecule has 0 radical (unpaired) electrons. The summed E-state index contributed by atoms with van der Waals surface area (Å²) in [5, 5.41) is 6.26. The molecule has 0 saturated carbocycles. The predicted molar refractivity (Wildman–Crippen MR) is 87.9 cm³/mol. The van der Waals surface area contributed by atoms with Crippen LogP contribution in [0.25, 0.3) is 10.8 Å². The number of fused-ring (bicyclic) bond motifs is 1. The fourth-order valence-electron chi connectivity index (χ4n) is 2.15. The molecule has 0 bridgehead atoms. The summed E-state index contributed by atoms with van der Waals surface area (Å²) in [5.74, 6) is 2.47. The van der Waals surface area contributed by atoms with Crippen molar-refractivity contribution in [1.82, 2.24) is 5.32 Å². The van der Waals surface area contributed by atoms with E-state index in [0.717, 1.165) is 6.54 Å². The largest absolute Gasteiger partial charge is 0.310 e. The van der Waals surface area contributed by atoms with Gasteiger partial charge in [0.25, 0.3) is 0 Å². The second-order valence-corrected chi connectivity index (χ2v) is 6.34. The van der Waals surface area contributed by atoms with Gasteiger partial charge in [0.2, 0.25) is 0 Å². The molecule has 0 fully saturated rings. The summed E-state index contributed by atoms with van der Waals surface area (Å²) in [4.78, 5) is 0. The molecule has 2 heteroatoms. The van der Waals surface area contributed by atoms with Crippen molar-refractivity contribution < 1.29 is 0 Å². The van der Waals surface area contributed by atoms with E-state index < -0.39 is 0 Å². The lowest BCUT2D eigenvalue weighted by Crippen LogP contribution is -2.26. The Morgan fingerprint density at radius 2 is 1.89 bits per heavy atom. The van der Waals surface area contributed by atoms with Gasteiger partial charge < -0.3 is 5.32 Å². The zero-order valence-electron chi connectivity index (χ0n) is 11.9. The minimum Gasteiger partial charge on any atom is -0.310 e. The third-order valence-corrected chi connectivity index (χ3v) is 4.30. The maximum atomic E-state index is 3.61. The summed E-state index contributed by atoms with van der Waals surface area (Å²) in [5.41, 5.74) is 1.37. The van der Waals surface area contributed by atoms with Crippen LogP contribution in [0, 0.1) is 0 Å². The highest BCUT2D eigenvalue weighted by molar-refractivity contribution is 7.99. The number of hydrogen-bond acceptors (Lipinski definition) is 2. The standard InChI is InChI=1S/C17H23NS/c1-3-19-11-10-14(2)18-13-15-8-9-16-6-4-5-7-17(16)12-15/h4-9,12,14,18H,3,10-11,13H2,1-2H3. The van der Waals surface area contributed by atoms with E-state index in [0.29, 0.717) is 6.04 Å². The Morgan fingerprint density at radius 3 is 2.68 bits per heavy atom. The molecule has 19 heavy (non-hydrogen) atoms. The summed E-state index contributed by atoms with van der Waals surface area (Å²) in [7, 11) is 0. The van der Waals surface area contributed by atoms with Crippen LogP contribution in [0.1, 0.15) is 25.8 Å². The summed E-state index contributed by atoms with van der Waals surface area (Å²) in [6.07, 6.45) is 1.24. The van der Waals surface area contributed by atoms with Gasteiger partial charge in [-0.3, -0.25) is 0 Å². The van der Waals surface area contributed by atoms with Crippen LogP contribution < -0.4 is 5.32 Å². The second kappa shape index (κ2) is 7.56. The van der Waals surface area contributed by atoms with Gasteiger partial charge in [0, 0.05) is 12.6 Å². The molecule has 0 aromatic heterocycles. The van der Waals surface area contributed by atoms with Gasteiger partial charge in [-0.25, -0.2) is 0 Å². The summed E-state index contributed by atoms with van der Waals surface area (Å²) in [6.45, 7) is 5.46. The molecule has 0 saturated heterocycles. The lowest BCUT2D eigenvalue weighted by atomic mass is 10.1. The zero-order valence-corrected chi connectivity index (χ0v) is 12.7. The van der Waals surface area contributed by atoms with Crippen molar-refractivity contribution >= 4 is 22.5 Å². The SMILES string of the molecule is CCSCCC(C)NCc1ccc2ccccc2c1. The number of rotatable bonds is 7. The van der Waals surface area contributed by atoms with Crippen LogP contribution in [0.2, 0.25) is 0 Å². The summed E-state index contributed by atoms with van der Waals surface area (Å²) in [6, 6.07) is 15.9. The van der Waals surface area contributed by atoms with Gasteiger partial charge in [0.05, 0.1) is 0 Å². The van der Waals surface area contributed by atoms with Crippen molar-refractivity contribution in [2.45, 2.75) is 32.9 Å². The first-order chi connectivity index (χ1) is 9.29. The normalized spacial score (nSPS) is 12.7. The lowest BCUT2D eigenvalue weighted by Gasteiger charge is -2.13. The van der Waals surface area contributed by atoms with E-state index in [-0.39, 0.29) is 0 Å². The maximum absolute atomic E-state index is 3.61. The molecule has 2 aromatic carbocycles. The van der Waals surface area contributed by atoms with Crippen molar-refractivity contribution in [3.05, 3.63) is 48.0 Å². The molecule has 102 valence electrons. The van der Waals surface area contributed by atoms with Crippen molar-refractivity contribution in [3.63, 3.8) is 0 Å².